The van der Waals surface area contributed by atoms with Crippen molar-refractivity contribution in [2.75, 3.05) is 44.7 Å². The summed E-state index contributed by atoms with van der Waals surface area (Å²) in [4.78, 5) is 40.3. The lowest BCUT2D eigenvalue weighted by molar-refractivity contribution is 0.0383. The number of carbonyl (C=O) groups is 2. The Bertz CT molecular complexity index is 1210. The van der Waals surface area contributed by atoms with Crippen LogP contribution in [0, 0.1) is 6.92 Å². The Morgan fingerprint density at radius 3 is 2.35 bits per heavy atom. The van der Waals surface area contributed by atoms with E-state index in [2.05, 4.69) is 15.5 Å². The molecule has 0 unspecified atom stereocenters. The fraction of sp³-hybridized carbons (Fsp3) is 0.269. The molecule has 0 saturated carbocycles. The van der Waals surface area contributed by atoms with E-state index in [-0.39, 0.29) is 11.5 Å². The Labute approximate surface area is 198 Å². The van der Waals surface area contributed by atoms with Crippen molar-refractivity contribution in [1.29, 1.82) is 0 Å². The van der Waals surface area contributed by atoms with Crippen LogP contribution >= 0.6 is 0 Å². The molecule has 8 nitrogen and oxygen atoms in total. The fourth-order valence-electron chi connectivity index (χ4n) is 3.85. The molecule has 4 rings (SSSR count). The third-order valence-electron chi connectivity index (χ3n) is 5.80. The second kappa shape index (κ2) is 10.9. The lowest BCUT2D eigenvalue weighted by atomic mass is 10.1. The number of benzene rings is 2. The van der Waals surface area contributed by atoms with Crippen molar-refractivity contribution in [3.05, 3.63) is 93.9 Å². The Hall–Kier alpha value is -3.75. The molecule has 1 aliphatic rings. The number of ether oxygens (including phenoxy) is 1. The molecule has 1 aliphatic heterocycles. The van der Waals surface area contributed by atoms with Crippen molar-refractivity contribution in [2.45, 2.75) is 6.92 Å². The minimum Gasteiger partial charge on any atom is -0.379 e. The third-order valence-corrected chi connectivity index (χ3v) is 5.80. The van der Waals surface area contributed by atoms with Crippen molar-refractivity contribution in [3.63, 3.8) is 0 Å². The van der Waals surface area contributed by atoms with Gasteiger partial charge in [0.2, 0.25) is 0 Å². The zero-order valence-electron chi connectivity index (χ0n) is 19.1. The first-order chi connectivity index (χ1) is 16.5. The maximum atomic E-state index is 13.0. The number of nitrogens with zero attached hydrogens (tertiary/aromatic N) is 2. The summed E-state index contributed by atoms with van der Waals surface area (Å²) in [6.07, 6.45) is 1.62. The fourth-order valence-corrected chi connectivity index (χ4v) is 3.85. The standard InChI is InChI=1S/C26H28N4O4/c1-19-5-2-3-6-22(19)25(32)28-20-8-10-21(11-9-20)30-13-4-7-23(26(30)33)24(31)27-12-14-29-15-17-34-18-16-29/h2-11,13H,12,14-18H2,1H3,(H,27,31)(H,28,32). The Morgan fingerprint density at radius 1 is 0.912 bits per heavy atom. The molecule has 1 aromatic heterocycles. The van der Waals surface area contributed by atoms with E-state index >= 15 is 0 Å². The van der Waals surface area contributed by atoms with Crippen LogP contribution in [0.3, 0.4) is 0 Å². The molecule has 2 heterocycles. The van der Waals surface area contributed by atoms with E-state index in [1.165, 1.54) is 10.6 Å². The predicted octanol–water partition coefficient (Wildman–Crippen LogP) is 2.46. The molecule has 0 atom stereocenters. The Balaban J connectivity index is 1.41. The average molecular weight is 461 g/mol. The summed E-state index contributed by atoms with van der Waals surface area (Å²) < 4.78 is 6.75. The lowest BCUT2D eigenvalue weighted by Gasteiger charge is -2.26. The quantitative estimate of drug-likeness (QED) is 0.565. The molecule has 0 aliphatic carbocycles. The highest BCUT2D eigenvalue weighted by molar-refractivity contribution is 6.05. The summed E-state index contributed by atoms with van der Waals surface area (Å²) in [6, 6.07) is 17.5. The first-order valence-electron chi connectivity index (χ1n) is 11.3. The van der Waals surface area contributed by atoms with E-state index in [1.54, 1.807) is 42.6 Å². The number of amides is 2. The van der Waals surface area contributed by atoms with E-state index in [9.17, 15) is 14.4 Å². The largest absolute Gasteiger partial charge is 0.379 e. The SMILES string of the molecule is Cc1ccccc1C(=O)Nc1ccc(-n2cccc(C(=O)NCCN3CCOCC3)c2=O)cc1. The molecule has 0 radical (unpaired) electrons. The van der Waals surface area contributed by atoms with Gasteiger partial charge in [0.05, 0.1) is 13.2 Å². The topological polar surface area (TPSA) is 92.7 Å². The highest BCUT2D eigenvalue weighted by Crippen LogP contribution is 2.15. The van der Waals surface area contributed by atoms with Crippen LogP contribution < -0.4 is 16.2 Å². The van der Waals surface area contributed by atoms with Crippen LogP contribution in [-0.4, -0.2) is 60.7 Å². The van der Waals surface area contributed by atoms with Crippen molar-refractivity contribution >= 4 is 17.5 Å². The highest BCUT2D eigenvalue weighted by atomic mass is 16.5. The molecule has 2 N–H and O–H groups in total. The Kier molecular flexibility index (Phi) is 7.51. The molecular weight excluding hydrogens is 432 g/mol. The van der Waals surface area contributed by atoms with Gasteiger partial charge in [-0.05, 0) is 55.0 Å². The molecule has 2 amide bonds. The molecule has 1 fully saturated rings. The van der Waals surface area contributed by atoms with Gasteiger partial charge in [0.15, 0.2) is 0 Å². The van der Waals surface area contributed by atoms with Crippen LogP contribution in [0.1, 0.15) is 26.3 Å². The highest BCUT2D eigenvalue weighted by Gasteiger charge is 2.15. The number of hydrogen-bond acceptors (Lipinski definition) is 5. The van der Waals surface area contributed by atoms with Crippen LogP contribution in [0.2, 0.25) is 0 Å². The molecule has 2 aromatic carbocycles. The van der Waals surface area contributed by atoms with Crippen LogP contribution in [0.4, 0.5) is 5.69 Å². The lowest BCUT2D eigenvalue weighted by Crippen LogP contribution is -2.42. The van der Waals surface area contributed by atoms with Gasteiger partial charge in [0, 0.05) is 49.3 Å². The number of aromatic nitrogens is 1. The number of anilines is 1. The van der Waals surface area contributed by atoms with Crippen LogP contribution in [0.5, 0.6) is 0 Å². The van der Waals surface area contributed by atoms with E-state index in [1.807, 2.05) is 25.1 Å². The van der Waals surface area contributed by atoms with Gasteiger partial charge >= 0.3 is 0 Å². The minimum absolute atomic E-state index is 0.0846. The first kappa shape index (κ1) is 23.4. The number of nitrogens with one attached hydrogen (secondary N) is 2. The van der Waals surface area contributed by atoms with Gasteiger partial charge in [-0.2, -0.15) is 0 Å². The summed E-state index contributed by atoms with van der Waals surface area (Å²) in [7, 11) is 0. The van der Waals surface area contributed by atoms with Gasteiger partial charge in [-0.25, -0.2) is 0 Å². The van der Waals surface area contributed by atoms with Crippen molar-refractivity contribution < 1.29 is 14.3 Å². The van der Waals surface area contributed by atoms with Crippen molar-refractivity contribution in [3.8, 4) is 5.69 Å². The monoisotopic (exact) mass is 460 g/mol. The zero-order chi connectivity index (χ0) is 23.9. The molecular formula is C26H28N4O4. The molecule has 34 heavy (non-hydrogen) atoms. The number of carbonyl (C=O) groups excluding carboxylic acids is 2. The number of pyridine rings is 1. The van der Waals surface area contributed by atoms with Crippen molar-refractivity contribution in [2.24, 2.45) is 0 Å². The van der Waals surface area contributed by atoms with Gasteiger partial charge in [-0.1, -0.05) is 18.2 Å². The molecule has 3 aromatic rings. The average Bonchev–Trinajstić information content (AvgIpc) is 2.85. The van der Waals surface area contributed by atoms with Gasteiger partial charge in [-0.3, -0.25) is 23.9 Å². The zero-order valence-corrected chi connectivity index (χ0v) is 19.1. The second-order valence-corrected chi connectivity index (χ2v) is 8.12. The van der Waals surface area contributed by atoms with E-state index in [0.717, 1.165) is 18.7 Å². The van der Waals surface area contributed by atoms with E-state index < -0.39 is 11.5 Å². The minimum atomic E-state index is -0.400. The molecule has 0 spiro atoms. The number of aryl methyl sites for hydroxylation is 1. The number of rotatable bonds is 7. The maximum absolute atomic E-state index is 13.0. The maximum Gasteiger partial charge on any atom is 0.267 e. The van der Waals surface area contributed by atoms with Crippen molar-refractivity contribution in [1.82, 2.24) is 14.8 Å². The summed E-state index contributed by atoms with van der Waals surface area (Å²) in [5, 5.41) is 5.70. The van der Waals surface area contributed by atoms with E-state index in [4.69, 9.17) is 4.74 Å². The van der Waals surface area contributed by atoms with Gasteiger partial charge in [0.25, 0.3) is 17.4 Å². The molecule has 176 valence electrons. The number of hydrogen-bond donors (Lipinski definition) is 2. The molecule has 8 heteroatoms. The van der Waals surface area contributed by atoms with E-state index in [0.29, 0.717) is 43.2 Å². The normalized spacial score (nSPS) is 13.9. The summed E-state index contributed by atoms with van der Waals surface area (Å²) in [5.74, 6) is -0.589. The first-order valence-corrected chi connectivity index (χ1v) is 11.3. The van der Waals surface area contributed by atoms with Gasteiger partial charge in [0.1, 0.15) is 5.56 Å². The summed E-state index contributed by atoms with van der Waals surface area (Å²) in [6.45, 7) is 6.15. The summed E-state index contributed by atoms with van der Waals surface area (Å²) in [5.41, 5.74) is 2.40. The van der Waals surface area contributed by atoms with Crippen LogP contribution in [0.15, 0.2) is 71.7 Å². The second-order valence-electron chi connectivity index (χ2n) is 8.12. The van der Waals surface area contributed by atoms with Crippen LogP contribution in [0.25, 0.3) is 5.69 Å². The molecule has 1 saturated heterocycles. The number of morpholine rings is 1. The predicted molar refractivity (Wildman–Crippen MR) is 131 cm³/mol. The Morgan fingerprint density at radius 2 is 1.62 bits per heavy atom. The van der Waals surface area contributed by atoms with Gasteiger partial charge in [-0.15, -0.1) is 0 Å². The summed E-state index contributed by atoms with van der Waals surface area (Å²) >= 11 is 0. The smallest absolute Gasteiger partial charge is 0.267 e. The third kappa shape index (κ3) is 5.59. The van der Waals surface area contributed by atoms with Gasteiger partial charge < -0.3 is 15.4 Å². The molecule has 0 bridgehead atoms. The van der Waals surface area contributed by atoms with Crippen LogP contribution in [-0.2, 0) is 4.74 Å².